The topological polar surface area (TPSA) is 68.5 Å². The van der Waals surface area contributed by atoms with Crippen molar-refractivity contribution in [3.8, 4) is 5.75 Å². The lowest BCUT2D eigenvalue weighted by Crippen LogP contribution is -2.38. The van der Waals surface area contributed by atoms with Crippen molar-refractivity contribution in [2.75, 3.05) is 6.54 Å². The molecule has 0 bridgehead atoms. The summed E-state index contributed by atoms with van der Waals surface area (Å²) in [6.07, 6.45) is 2.81. The van der Waals surface area contributed by atoms with E-state index in [9.17, 15) is 9.59 Å². The second-order valence-electron chi connectivity index (χ2n) is 8.22. The van der Waals surface area contributed by atoms with Gasteiger partial charge < -0.3 is 14.5 Å². The maximum absolute atomic E-state index is 12.9. The van der Waals surface area contributed by atoms with E-state index in [1.54, 1.807) is 12.1 Å². The Morgan fingerprint density at radius 3 is 2.67 bits per heavy atom. The Labute approximate surface area is 176 Å². The lowest BCUT2D eigenvalue weighted by Gasteiger charge is -2.34. The predicted molar refractivity (Wildman–Crippen MR) is 116 cm³/mol. The minimum atomic E-state index is -0.492. The first-order chi connectivity index (χ1) is 14.4. The summed E-state index contributed by atoms with van der Waals surface area (Å²) in [5.41, 5.74) is 2.50. The van der Waals surface area contributed by atoms with E-state index in [1.807, 2.05) is 39.0 Å². The van der Waals surface area contributed by atoms with Gasteiger partial charge >= 0.3 is 0 Å². The van der Waals surface area contributed by atoms with Crippen LogP contribution < -0.4 is 10.1 Å². The number of fused-ring (bicyclic) bond motifs is 3. The van der Waals surface area contributed by atoms with Gasteiger partial charge in [-0.3, -0.25) is 9.59 Å². The van der Waals surface area contributed by atoms with E-state index < -0.39 is 5.60 Å². The molecule has 1 N–H and O–H groups in total. The summed E-state index contributed by atoms with van der Waals surface area (Å²) in [7, 11) is 0. The Balaban J connectivity index is 1.53. The van der Waals surface area contributed by atoms with Gasteiger partial charge in [-0.05, 0) is 50.8 Å². The van der Waals surface area contributed by atoms with E-state index in [2.05, 4.69) is 17.4 Å². The van der Waals surface area contributed by atoms with Gasteiger partial charge in [0.2, 0.25) is 0 Å². The van der Waals surface area contributed by atoms with E-state index in [-0.39, 0.29) is 17.5 Å². The highest BCUT2D eigenvalue weighted by atomic mass is 16.5. The van der Waals surface area contributed by atoms with Crippen LogP contribution in [0.25, 0.3) is 11.0 Å². The number of nitrogens with one attached hydrogen (secondary N) is 1. The summed E-state index contributed by atoms with van der Waals surface area (Å²) in [5, 5.41) is 3.62. The number of furan rings is 1. The number of hydrogen-bond donors (Lipinski definition) is 1. The Morgan fingerprint density at radius 1 is 1.17 bits per heavy atom. The molecule has 1 aliphatic heterocycles. The molecule has 0 fully saturated rings. The first kappa shape index (κ1) is 20.2. The zero-order valence-electron chi connectivity index (χ0n) is 17.7. The second kappa shape index (κ2) is 7.98. The van der Waals surface area contributed by atoms with Crippen molar-refractivity contribution in [1.82, 2.24) is 5.32 Å². The van der Waals surface area contributed by atoms with Gasteiger partial charge in [-0.1, -0.05) is 37.3 Å². The molecule has 2 heterocycles. The molecule has 1 aromatic heterocycles. The first-order valence-electron chi connectivity index (χ1n) is 10.5. The van der Waals surface area contributed by atoms with Gasteiger partial charge in [0.25, 0.3) is 5.91 Å². The average Bonchev–Trinajstić information content (AvgIpc) is 3.08. The van der Waals surface area contributed by atoms with E-state index in [4.69, 9.17) is 9.15 Å². The van der Waals surface area contributed by atoms with Gasteiger partial charge in [0.05, 0.1) is 12.0 Å². The third kappa shape index (κ3) is 3.72. The standard InChI is InChI=1S/C25H27NO4/c1-4-25(3)15-18(27)22-20(30-25)13-12-19-21(22)16(2)23(29-19)24(28)26-14-8-11-17-9-6-5-7-10-17/h5-7,9-10,12-13H,4,8,11,14-15H2,1-3H3,(H,26,28)/t25-/m0/s1. The third-order valence-corrected chi connectivity index (χ3v) is 5.95. The molecule has 156 valence electrons. The van der Waals surface area contributed by atoms with Crippen LogP contribution in [0.3, 0.4) is 0 Å². The zero-order valence-corrected chi connectivity index (χ0v) is 17.7. The molecule has 5 nitrogen and oxygen atoms in total. The van der Waals surface area contributed by atoms with Crippen molar-refractivity contribution in [2.24, 2.45) is 0 Å². The number of Topliss-reactive ketones (excluding diaryl/α,β-unsaturated/α-hetero) is 1. The summed E-state index contributed by atoms with van der Waals surface area (Å²) in [6.45, 7) is 6.35. The number of ether oxygens (including phenoxy) is 1. The fourth-order valence-electron chi connectivity index (χ4n) is 4.05. The molecule has 0 radical (unpaired) electrons. The van der Waals surface area contributed by atoms with Gasteiger partial charge in [0, 0.05) is 17.5 Å². The maximum Gasteiger partial charge on any atom is 0.287 e. The van der Waals surface area contributed by atoms with Crippen LogP contribution in [-0.4, -0.2) is 23.8 Å². The van der Waals surface area contributed by atoms with E-state index >= 15 is 0 Å². The first-order valence-corrected chi connectivity index (χ1v) is 10.5. The van der Waals surface area contributed by atoms with Crippen molar-refractivity contribution in [1.29, 1.82) is 0 Å². The van der Waals surface area contributed by atoms with Crippen molar-refractivity contribution in [3.05, 3.63) is 64.9 Å². The molecular formula is C25H27NO4. The maximum atomic E-state index is 12.9. The second-order valence-corrected chi connectivity index (χ2v) is 8.22. The van der Waals surface area contributed by atoms with Crippen LogP contribution in [0, 0.1) is 6.92 Å². The van der Waals surface area contributed by atoms with Crippen LogP contribution in [0.2, 0.25) is 0 Å². The molecule has 0 saturated heterocycles. The van der Waals surface area contributed by atoms with Gasteiger partial charge in [0.1, 0.15) is 16.9 Å². The number of hydrogen-bond acceptors (Lipinski definition) is 4. The largest absolute Gasteiger partial charge is 0.486 e. The number of carbonyl (C=O) groups is 2. The minimum Gasteiger partial charge on any atom is -0.486 e. The smallest absolute Gasteiger partial charge is 0.287 e. The van der Waals surface area contributed by atoms with Crippen molar-refractivity contribution >= 4 is 22.7 Å². The van der Waals surface area contributed by atoms with Gasteiger partial charge in [-0.25, -0.2) is 0 Å². The Hall–Kier alpha value is -3.08. The average molecular weight is 405 g/mol. The summed E-state index contributed by atoms with van der Waals surface area (Å²) in [4.78, 5) is 25.7. The zero-order chi connectivity index (χ0) is 21.3. The monoisotopic (exact) mass is 405 g/mol. The lowest BCUT2D eigenvalue weighted by molar-refractivity contribution is 0.0503. The normalized spacial score (nSPS) is 18.2. The quantitative estimate of drug-likeness (QED) is 0.570. The number of aryl methyl sites for hydroxylation is 2. The van der Waals surface area contributed by atoms with E-state index in [0.717, 1.165) is 19.3 Å². The summed E-state index contributed by atoms with van der Waals surface area (Å²) >= 11 is 0. The fraction of sp³-hybridized carbons (Fsp3) is 0.360. The number of carbonyl (C=O) groups excluding carboxylic acids is 2. The molecule has 3 aromatic rings. The number of ketones is 1. The highest BCUT2D eigenvalue weighted by Gasteiger charge is 2.37. The highest BCUT2D eigenvalue weighted by molar-refractivity contribution is 6.13. The van der Waals surface area contributed by atoms with Gasteiger partial charge in [0.15, 0.2) is 11.5 Å². The molecule has 0 spiro atoms. The Bertz CT molecular complexity index is 1100. The molecule has 30 heavy (non-hydrogen) atoms. The van der Waals surface area contributed by atoms with Crippen LogP contribution in [0.4, 0.5) is 0 Å². The Morgan fingerprint density at radius 2 is 1.93 bits per heavy atom. The minimum absolute atomic E-state index is 0.0323. The molecule has 5 heteroatoms. The molecule has 1 amide bonds. The highest BCUT2D eigenvalue weighted by Crippen LogP contribution is 2.41. The fourth-order valence-corrected chi connectivity index (χ4v) is 4.05. The molecule has 1 aliphatic rings. The molecule has 2 aromatic carbocycles. The van der Waals surface area contributed by atoms with Crippen molar-refractivity contribution in [3.63, 3.8) is 0 Å². The lowest BCUT2D eigenvalue weighted by atomic mass is 9.87. The van der Waals surface area contributed by atoms with E-state index in [0.29, 0.717) is 40.8 Å². The molecular weight excluding hydrogens is 378 g/mol. The number of amides is 1. The van der Waals surface area contributed by atoms with Crippen LogP contribution in [-0.2, 0) is 6.42 Å². The van der Waals surface area contributed by atoms with Gasteiger partial charge in [-0.15, -0.1) is 0 Å². The number of rotatable bonds is 6. The molecule has 0 aliphatic carbocycles. The number of benzene rings is 2. The predicted octanol–water partition coefficient (Wildman–Crippen LogP) is 5.24. The van der Waals surface area contributed by atoms with E-state index in [1.165, 1.54) is 5.56 Å². The van der Waals surface area contributed by atoms with Crippen LogP contribution in [0.15, 0.2) is 46.9 Å². The van der Waals surface area contributed by atoms with Gasteiger partial charge in [-0.2, -0.15) is 0 Å². The summed E-state index contributed by atoms with van der Waals surface area (Å²) in [5.74, 6) is 0.606. The molecule has 0 saturated carbocycles. The van der Waals surface area contributed by atoms with Crippen molar-refractivity contribution < 1.29 is 18.7 Å². The molecule has 4 rings (SSSR count). The van der Waals surface area contributed by atoms with Crippen molar-refractivity contribution in [2.45, 2.75) is 52.1 Å². The SMILES string of the molecule is CC[C@@]1(C)CC(=O)c2c(ccc3oc(C(=O)NCCCc4ccccc4)c(C)c23)O1. The third-order valence-electron chi connectivity index (χ3n) is 5.95. The summed E-state index contributed by atoms with van der Waals surface area (Å²) in [6, 6.07) is 13.7. The summed E-state index contributed by atoms with van der Waals surface area (Å²) < 4.78 is 12.0. The van der Waals surface area contributed by atoms with Crippen LogP contribution >= 0.6 is 0 Å². The van der Waals surface area contributed by atoms with Crippen LogP contribution in [0.5, 0.6) is 5.75 Å². The molecule has 1 atom stereocenters. The molecule has 0 unspecified atom stereocenters. The van der Waals surface area contributed by atoms with Crippen LogP contribution in [0.1, 0.15) is 65.1 Å². The Kier molecular flexibility index (Phi) is 5.37.